The van der Waals surface area contributed by atoms with Crippen molar-refractivity contribution in [3.63, 3.8) is 0 Å². The van der Waals surface area contributed by atoms with Gasteiger partial charge in [-0.2, -0.15) is 0 Å². The number of nitrogens with two attached hydrogens (primary N) is 1. The lowest BCUT2D eigenvalue weighted by molar-refractivity contribution is 0.143. The van der Waals surface area contributed by atoms with Gasteiger partial charge < -0.3 is 15.4 Å². The van der Waals surface area contributed by atoms with Crippen LogP contribution < -0.4 is 5.73 Å². The molecule has 0 aliphatic carbocycles. The van der Waals surface area contributed by atoms with Crippen LogP contribution in [0.25, 0.3) is 22.6 Å². The summed E-state index contributed by atoms with van der Waals surface area (Å²) in [7, 11) is 0. The van der Waals surface area contributed by atoms with Gasteiger partial charge in [0, 0.05) is 12.1 Å². The zero-order valence-corrected chi connectivity index (χ0v) is 14.9. The number of nitrogen functional groups attached to an aromatic ring is 1. The molecule has 1 aromatic carbocycles. The Hall–Kier alpha value is -2.98. The van der Waals surface area contributed by atoms with Crippen molar-refractivity contribution in [1.29, 1.82) is 0 Å². The minimum Gasteiger partial charge on any atom is -0.382 e. The SMILES string of the molecule is CCCn1c(-c2cccc(F)c2)nc2c(N)nc(C#CC(C)(C)O)nc21. The van der Waals surface area contributed by atoms with E-state index in [0.717, 1.165) is 6.42 Å². The van der Waals surface area contributed by atoms with Gasteiger partial charge in [-0.1, -0.05) is 25.0 Å². The molecule has 0 fully saturated rings. The number of aliphatic hydroxyl groups is 1. The first-order valence-electron chi connectivity index (χ1n) is 8.33. The minimum absolute atomic E-state index is 0.197. The summed E-state index contributed by atoms with van der Waals surface area (Å²) in [6.07, 6.45) is 0.836. The van der Waals surface area contributed by atoms with Crippen LogP contribution in [0.1, 0.15) is 33.0 Å². The minimum atomic E-state index is -1.16. The van der Waals surface area contributed by atoms with Gasteiger partial charge in [-0.05, 0) is 38.3 Å². The number of hydrogen-bond donors (Lipinski definition) is 2. The van der Waals surface area contributed by atoms with Crippen molar-refractivity contribution in [2.75, 3.05) is 5.73 Å². The summed E-state index contributed by atoms with van der Waals surface area (Å²) in [6.45, 7) is 5.81. The lowest BCUT2D eigenvalue weighted by Gasteiger charge is -2.08. The van der Waals surface area contributed by atoms with E-state index in [9.17, 15) is 9.50 Å². The third-order valence-electron chi connectivity index (χ3n) is 3.63. The zero-order chi connectivity index (χ0) is 18.9. The molecule has 6 nitrogen and oxygen atoms in total. The van der Waals surface area contributed by atoms with Crippen LogP contribution in [0.3, 0.4) is 0 Å². The summed E-state index contributed by atoms with van der Waals surface area (Å²) in [5.41, 5.74) is 6.52. The monoisotopic (exact) mass is 353 g/mol. The highest BCUT2D eigenvalue weighted by Crippen LogP contribution is 2.27. The second-order valence-electron chi connectivity index (χ2n) is 6.51. The molecule has 3 aromatic rings. The molecule has 134 valence electrons. The topological polar surface area (TPSA) is 89.9 Å². The predicted molar refractivity (Wildman–Crippen MR) is 98.6 cm³/mol. The van der Waals surface area contributed by atoms with Gasteiger partial charge in [0.25, 0.3) is 0 Å². The molecule has 3 N–H and O–H groups in total. The number of rotatable bonds is 3. The predicted octanol–water partition coefficient (Wildman–Crippen LogP) is 2.75. The molecule has 0 amide bonds. The molecule has 2 heterocycles. The number of halogens is 1. The second-order valence-corrected chi connectivity index (χ2v) is 6.51. The van der Waals surface area contributed by atoms with E-state index < -0.39 is 5.60 Å². The highest BCUT2D eigenvalue weighted by Gasteiger charge is 2.17. The van der Waals surface area contributed by atoms with Crippen molar-refractivity contribution >= 4 is 17.0 Å². The Morgan fingerprint density at radius 1 is 1.27 bits per heavy atom. The Kier molecular flexibility index (Phi) is 4.62. The molecule has 0 unspecified atom stereocenters. The molecule has 7 heteroatoms. The van der Waals surface area contributed by atoms with Gasteiger partial charge in [-0.3, -0.25) is 0 Å². The largest absolute Gasteiger partial charge is 0.382 e. The number of anilines is 1. The summed E-state index contributed by atoms with van der Waals surface area (Å²) in [6, 6.07) is 6.23. The van der Waals surface area contributed by atoms with Gasteiger partial charge in [0.05, 0.1) is 0 Å². The third-order valence-corrected chi connectivity index (χ3v) is 3.63. The summed E-state index contributed by atoms with van der Waals surface area (Å²) in [4.78, 5) is 13.2. The quantitative estimate of drug-likeness (QED) is 0.707. The molecule has 0 aliphatic heterocycles. The maximum Gasteiger partial charge on any atom is 0.209 e. The van der Waals surface area contributed by atoms with Crippen molar-refractivity contribution in [2.24, 2.45) is 0 Å². The van der Waals surface area contributed by atoms with Crippen LogP contribution in [0.4, 0.5) is 10.2 Å². The van der Waals surface area contributed by atoms with Gasteiger partial charge in [-0.15, -0.1) is 0 Å². The molecule has 0 saturated heterocycles. The molecule has 26 heavy (non-hydrogen) atoms. The highest BCUT2D eigenvalue weighted by molar-refractivity contribution is 5.85. The summed E-state index contributed by atoms with van der Waals surface area (Å²) < 4.78 is 15.5. The molecule has 3 rings (SSSR count). The molecule has 0 radical (unpaired) electrons. The third kappa shape index (κ3) is 3.65. The number of benzene rings is 1. The van der Waals surface area contributed by atoms with E-state index >= 15 is 0 Å². The van der Waals surface area contributed by atoms with Crippen molar-refractivity contribution in [1.82, 2.24) is 19.5 Å². The van der Waals surface area contributed by atoms with E-state index in [-0.39, 0.29) is 17.5 Å². The second kappa shape index (κ2) is 6.73. The molecule has 2 aromatic heterocycles. The molecular formula is C19H20FN5O. The maximum atomic E-state index is 13.6. The van der Waals surface area contributed by atoms with Crippen LogP contribution in [-0.2, 0) is 6.54 Å². The Balaban J connectivity index is 2.23. The van der Waals surface area contributed by atoms with Gasteiger partial charge in [0.1, 0.15) is 17.2 Å². The van der Waals surface area contributed by atoms with E-state index in [4.69, 9.17) is 5.73 Å². The zero-order valence-electron chi connectivity index (χ0n) is 14.9. The number of aromatic nitrogens is 4. The molecule has 0 spiro atoms. The number of hydrogen-bond acceptors (Lipinski definition) is 5. The molecule has 0 aliphatic rings. The molecule has 0 atom stereocenters. The maximum absolute atomic E-state index is 13.6. The van der Waals surface area contributed by atoms with Crippen LogP contribution in [0, 0.1) is 17.7 Å². The standard InChI is InChI=1S/C19H20FN5O/c1-4-10-25-17(12-6-5-7-13(20)11-12)24-15-16(21)22-14(23-18(15)25)8-9-19(2,3)26/h5-7,11,26H,4,10H2,1-3H3,(H2,21,22,23). The fourth-order valence-corrected chi connectivity index (χ4v) is 2.57. The van der Waals surface area contributed by atoms with Crippen LogP contribution in [0.5, 0.6) is 0 Å². The van der Waals surface area contributed by atoms with E-state index in [1.54, 1.807) is 26.0 Å². The van der Waals surface area contributed by atoms with Gasteiger partial charge in [-0.25, -0.2) is 19.3 Å². The average molecular weight is 353 g/mol. The number of nitrogens with zero attached hydrogens (tertiary/aromatic N) is 4. The van der Waals surface area contributed by atoms with Gasteiger partial charge >= 0.3 is 0 Å². The van der Waals surface area contributed by atoms with E-state index in [1.807, 2.05) is 11.5 Å². The number of aryl methyl sites for hydroxylation is 1. The van der Waals surface area contributed by atoms with Crippen molar-refractivity contribution in [2.45, 2.75) is 39.3 Å². The van der Waals surface area contributed by atoms with Crippen LogP contribution in [0.2, 0.25) is 0 Å². The van der Waals surface area contributed by atoms with Gasteiger partial charge in [0.15, 0.2) is 17.0 Å². The Morgan fingerprint density at radius 2 is 2.04 bits per heavy atom. The molecule has 0 saturated carbocycles. The van der Waals surface area contributed by atoms with E-state index in [1.165, 1.54) is 12.1 Å². The van der Waals surface area contributed by atoms with Crippen molar-refractivity contribution < 1.29 is 9.50 Å². The van der Waals surface area contributed by atoms with Crippen LogP contribution >= 0.6 is 0 Å². The lowest BCUT2D eigenvalue weighted by Crippen LogP contribution is -2.14. The van der Waals surface area contributed by atoms with Gasteiger partial charge in [0.2, 0.25) is 5.82 Å². The average Bonchev–Trinajstić information content (AvgIpc) is 2.92. The smallest absolute Gasteiger partial charge is 0.209 e. The highest BCUT2D eigenvalue weighted by atomic mass is 19.1. The van der Waals surface area contributed by atoms with E-state index in [0.29, 0.717) is 29.1 Å². The summed E-state index contributed by atoms with van der Waals surface area (Å²) in [5.74, 6) is 6.06. The molecule has 0 bridgehead atoms. The summed E-state index contributed by atoms with van der Waals surface area (Å²) >= 11 is 0. The lowest BCUT2D eigenvalue weighted by atomic mass is 10.1. The Bertz CT molecular complexity index is 1020. The van der Waals surface area contributed by atoms with Crippen molar-refractivity contribution in [3.05, 3.63) is 35.9 Å². The Labute approximate surface area is 150 Å². The normalized spacial score (nSPS) is 11.4. The Morgan fingerprint density at radius 3 is 2.69 bits per heavy atom. The summed E-state index contributed by atoms with van der Waals surface area (Å²) in [5, 5.41) is 9.77. The fraction of sp³-hybridized carbons (Fsp3) is 0.316. The van der Waals surface area contributed by atoms with Crippen LogP contribution in [0.15, 0.2) is 24.3 Å². The number of fused-ring (bicyclic) bond motifs is 1. The first-order chi connectivity index (χ1) is 12.3. The first-order valence-corrected chi connectivity index (χ1v) is 8.33. The molecular weight excluding hydrogens is 333 g/mol. The number of imidazole rings is 1. The van der Waals surface area contributed by atoms with Crippen LogP contribution in [-0.4, -0.2) is 30.2 Å². The van der Waals surface area contributed by atoms with E-state index in [2.05, 4.69) is 26.8 Å². The fourth-order valence-electron chi connectivity index (χ4n) is 2.57. The van der Waals surface area contributed by atoms with Crippen molar-refractivity contribution in [3.8, 4) is 23.2 Å². The first kappa shape index (κ1) is 17.8.